The number of amides is 4. The lowest BCUT2D eigenvalue weighted by Crippen LogP contribution is -2.60. The Morgan fingerprint density at radius 1 is 0.922 bits per heavy atom. The van der Waals surface area contributed by atoms with Crippen LogP contribution in [0.1, 0.15) is 62.4 Å². The van der Waals surface area contributed by atoms with Gasteiger partial charge in [0.25, 0.3) is 0 Å². The molecule has 12 heteroatoms. The van der Waals surface area contributed by atoms with Gasteiger partial charge in [-0.05, 0) is 55.7 Å². The second-order valence-electron chi connectivity index (χ2n) is 14.0. The third kappa shape index (κ3) is 9.86. The van der Waals surface area contributed by atoms with Crippen molar-refractivity contribution in [1.82, 2.24) is 25.3 Å². The van der Waals surface area contributed by atoms with E-state index >= 15 is 0 Å². The van der Waals surface area contributed by atoms with Gasteiger partial charge in [0.15, 0.2) is 0 Å². The Morgan fingerprint density at radius 2 is 1.57 bits per heavy atom. The van der Waals surface area contributed by atoms with Gasteiger partial charge in [-0.15, -0.1) is 0 Å². The highest BCUT2D eigenvalue weighted by atomic mass is 35.5. The van der Waals surface area contributed by atoms with Crippen molar-refractivity contribution >= 4 is 35.4 Å². The zero-order valence-electron chi connectivity index (χ0n) is 29.7. The molecule has 1 fully saturated rings. The van der Waals surface area contributed by atoms with Crippen LogP contribution in [0.3, 0.4) is 0 Å². The first-order chi connectivity index (χ1) is 24.3. The number of nitrogens with one attached hydrogen (secondary N) is 2. The van der Waals surface area contributed by atoms with Gasteiger partial charge >= 0.3 is 6.09 Å². The minimum absolute atomic E-state index is 0.127. The van der Waals surface area contributed by atoms with Crippen LogP contribution in [-0.2, 0) is 38.5 Å². The van der Waals surface area contributed by atoms with Gasteiger partial charge in [-0.1, -0.05) is 73.1 Å². The highest BCUT2D eigenvalue weighted by Crippen LogP contribution is 2.27. The van der Waals surface area contributed by atoms with Gasteiger partial charge < -0.3 is 20.3 Å². The summed E-state index contributed by atoms with van der Waals surface area (Å²) >= 11 is 6.15. The predicted octanol–water partition coefficient (Wildman–Crippen LogP) is 5.28. The Bertz CT molecular complexity index is 1710. The fourth-order valence-corrected chi connectivity index (χ4v) is 6.71. The molecular formula is C39H47ClFN5O5. The van der Waals surface area contributed by atoms with E-state index in [0.717, 1.165) is 16.7 Å². The van der Waals surface area contributed by atoms with Crippen LogP contribution in [0.25, 0.3) is 0 Å². The summed E-state index contributed by atoms with van der Waals surface area (Å²) in [5, 5.41) is 6.46. The molecule has 0 spiro atoms. The Balaban J connectivity index is 1.35. The average Bonchev–Trinajstić information content (AvgIpc) is 3.11. The van der Waals surface area contributed by atoms with Crippen LogP contribution in [-0.4, -0.2) is 88.9 Å². The summed E-state index contributed by atoms with van der Waals surface area (Å²) in [6, 6.07) is 19.1. The maximum atomic E-state index is 15.0. The molecule has 0 aliphatic carbocycles. The number of piperazine rings is 1. The zero-order valence-corrected chi connectivity index (χ0v) is 30.4. The van der Waals surface area contributed by atoms with E-state index in [1.54, 1.807) is 62.9 Å². The number of halogens is 2. The average molecular weight is 720 g/mol. The number of rotatable bonds is 10. The summed E-state index contributed by atoms with van der Waals surface area (Å²) in [5.41, 5.74) is 2.40. The fourth-order valence-electron chi connectivity index (χ4n) is 6.58. The van der Waals surface area contributed by atoms with Crippen LogP contribution < -0.4 is 10.6 Å². The molecule has 3 atom stereocenters. The molecule has 2 heterocycles. The molecule has 3 aromatic carbocycles. The Morgan fingerprint density at radius 3 is 2.22 bits per heavy atom. The Hall–Kier alpha value is -4.48. The van der Waals surface area contributed by atoms with Gasteiger partial charge in [0.1, 0.15) is 23.5 Å². The lowest BCUT2D eigenvalue weighted by molar-refractivity contribution is -0.139. The molecule has 272 valence electrons. The molecule has 51 heavy (non-hydrogen) atoms. The third-order valence-corrected chi connectivity index (χ3v) is 9.54. The van der Waals surface area contributed by atoms with Crippen LogP contribution in [0.15, 0.2) is 72.8 Å². The van der Waals surface area contributed by atoms with Gasteiger partial charge in [0.05, 0.1) is 12.6 Å². The van der Waals surface area contributed by atoms with E-state index in [0.29, 0.717) is 43.2 Å². The van der Waals surface area contributed by atoms with Gasteiger partial charge in [-0.3, -0.25) is 24.2 Å². The first-order valence-electron chi connectivity index (χ1n) is 17.5. The first-order valence-corrected chi connectivity index (χ1v) is 17.9. The van der Waals surface area contributed by atoms with E-state index in [1.165, 1.54) is 11.0 Å². The normalized spacial score (nSPS) is 17.6. The van der Waals surface area contributed by atoms with Gasteiger partial charge in [0, 0.05) is 62.6 Å². The van der Waals surface area contributed by atoms with Crippen LogP contribution >= 0.6 is 11.6 Å². The van der Waals surface area contributed by atoms with Crippen LogP contribution in [0, 0.1) is 5.82 Å². The first kappa shape index (κ1) is 37.8. The lowest BCUT2D eigenvalue weighted by Gasteiger charge is -2.41. The topological polar surface area (TPSA) is 111 Å². The zero-order chi connectivity index (χ0) is 36.7. The number of hydrogen-bond donors (Lipinski definition) is 2. The minimum atomic E-state index is -0.936. The molecule has 3 aromatic rings. The number of benzene rings is 3. The number of carbonyl (C=O) groups excluding carboxylic acids is 4. The maximum absolute atomic E-state index is 15.0. The molecule has 2 aliphatic rings. The number of carbonyl (C=O) groups is 4. The predicted molar refractivity (Wildman–Crippen MR) is 193 cm³/mol. The molecule has 0 radical (unpaired) electrons. The van der Waals surface area contributed by atoms with E-state index in [9.17, 15) is 23.6 Å². The monoisotopic (exact) mass is 719 g/mol. The molecule has 3 unspecified atom stereocenters. The van der Waals surface area contributed by atoms with Crippen LogP contribution in [0.2, 0.25) is 5.02 Å². The van der Waals surface area contributed by atoms with Crippen molar-refractivity contribution in [1.29, 1.82) is 0 Å². The van der Waals surface area contributed by atoms with Crippen molar-refractivity contribution in [2.24, 2.45) is 0 Å². The van der Waals surface area contributed by atoms with Crippen LogP contribution in [0.5, 0.6) is 0 Å². The van der Waals surface area contributed by atoms with Crippen LogP contribution in [0.4, 0.5) is 9.18 Å². The van der Waals surface area contributed by atoms with Crippen molar-refractivity contribution in [2.45, 2.75) is 77.2 Å². The molecule has 2 N–H and O–H groups in total. The van der Waals surface area contributed by atoms with E-state index in [-0.39, 0.29) is 43.6 Å². The minimum Gasteiger partial charge on any atom is -0.444 e. The molecular weight excluding hydrogens is 673 g/mol. The Labute approximate surface area is 304 Å². The summed E-state index contributed by atoms with van der Waals surface area (Å²) in [6.07, 6.45) is 0.191. The van der Waals surface area contributed by atoms with Crippen molar-refractivity contribution in [3.05, 3.63) is 106 Å². The SMILES string of the molecule is CCC(=O)NCC(c1ccccc1F)N1CCN(C(=O)C(Cc2ccc(Cl)cc2)NC(=O)C2Cc3ccccc3CN2C(=O)OC(C)(C)C)CC1. The highest BCUT2D eigenvalue weighted by Gasteiger charge is 2.39. The Kier molecular flexibility index (Phi) is 12.4. The number of ether oxygens (including phenoxy) is 1. The highest BCUT2D eigenvalue weighted by molar-refractivity contribution is 6.30. The van der Waals surface area contributed by atoms with E-state index < -0.39 is 35.7 Å². The second kappa shape index (κ2) is 16.7. The standard InChI is InChI=1S/C39H47ClFN5O5/c1-5-35(47)42-24-34(30-12-8-9-13-31(30)41)44-18-20-45(21-19-44)37(49)32(22-26-14-16-29(40)17-15-26)43-36(48)33-23-27-10-6-7-11-28(27)25-46(33)38(50)51-39(2,3)4/h6-17,32-34H,5,18-25H2,1-4H3,(H,42,47)(H,43,48). The summed E-state index contributed by atoms with van der Waals surface area (Å²) in [7, 11) is 0. The number of nitrogens with zero attached hydrogens (tertiary/aromatic N) is 3. The second-order valence-corrected chi connectivity index (χ2v) is 14.5. The smallest absolute Gasteiger partial charge is 0.411 e. The molecule has 4 amide bonds. The molecule has 5 rings (SSSR count). The van der Waals surface area contributed by atoms with Gasteiger partial charge in [-0.25, -0.2) is 9.18 Å². The third-order valence-electron chi connectivity index (χ3n) is 9.29. The fraction of sp³-hybridized carbons (Fsp3) is 0.436. The van der Waals surface area contributed by atoms with E-state index in [4.69, 9.17) is 16.3 Å². The molecule has 2 aliphatic heterocycles. The molecule has 1 saturated heterocycles. The van der Waals surface area contributed by atoms with E-state index in [1.807, 2.05) is 36.4 Å². The number of fused-ring (bicyclic) bond motifs is 1. The molecule has 0 saturated carbocycles. The largest absolute Gasteiger partial charge is 0.444 e. The summed E-state index contributed by atoms with van der Waals surface area (Å²) < 4.78 is 20.7. The van der Waals surface area contributed by atoms with Crippen molar-refractivity contribution in [3.63, 3.8) is 0 Å². The quantitative estimate of drug-likeness (QED) is 0.295. The number of hydrogen-bond acceptors (Lipinski definition) is 6. The molecule has 0 bridgehead atoms. The lowest BCUT2D eigenvalue weighted by atomic mass is 9.93. The molecule has 10 nitrogen and oxygen atoms in total. The van der Waals surface area contributed by atoms with Crippen molar-refractivity contribution in [2.75, 3.05) is 32.7 Å². The van der Waals surface area contributed by atoms with Crippen molar-refractivity contribution in [3.8, 4) is 0 Å². The summed E-state index contributed by atoms with van der Waals surface area (Å²) in [6.45, 7) is 9.05. The maximum Gasteiger partial charge on any atom is 0.411 e. The summed E-state index contributed by atoms with van der Waals surface area (Å²) in [5.74, 6) is -1.20. The van der Waals surface area contributed by atoms with Gasteiger partial charge in [0.2, 0.25) is 17.7 Å². The van der Waals surface area contributed by atoms with E-state index in [2.05, 4.69) is 15.5 Å². The van der Waals surface area contributed by atoms with Crippen molar-refractivity contribution < 1.29 is 28.3 Å². The van der Waals surface area contributed by atoms with Gasteiger partial charge in [-0.2, -0.15) is 0 Å². The summed E-state index contributed by atoms with van der Waals surface area (Å²) in [4.78, 5) is 59.2. The molecule has 0 aromatic heterocycles.